The first kappa shape index (κ1) is 11.2. The molecule has 1 aromatic heterocycles. The first-order valence-electron chi connectivity index (χ1n) is 6.06. The molecule has 88 valence electrons. The van der Waals surface area contributed by atoms with E-state index in [1.165, 1.54) is 12.8 Å². The van der Waals surface area contributed by atoms with Crippen molar-refractivity contribution in [3.8, 4) is 0 Å². The SMILES string of the molecule is CC[C@@H](C)Nc1cc(NC)nc(C2CC2)n1. The largest absolute Gasteiger partial charge is 0.373 e. The lowest BCUT2D eigenvalue weighted by atomic mass is 10.2. The summed E-state index contributed by atoms with van der Waals surface area (Å²) in [7, 11) is 1.89. The van der Waals surface area contributed by atoms with E-state index < -0.39 is 0 Å². The van der Waals surface area contributed by atoms with Crippen LogP contribution in [0, 0.1) is 0 Å². The first-order valence-corrected chi connectivity index (χ1v) is 6.06. The molecule has 4 nitrogen and oxygen atoms in total. The third kappa shape index (κ3) is 2.62. The second kappa shape index (κ2) is 4.68. The molecule has 16 heavy (non-hydrogen) atoms. The van der Waals surface area contributed by atoms with Gasteiger partial charge in [-0.2, -0.15) is 0 Å². The number of anilines is 2. The van der Waals surface area contributed by atoms with Crippen LogP contribution in [0.2, 0.25) is 0 Å². The summed E-state index contributed by atoms with van der Waals surface area (Å²) in [5.41, 5.74) is 0. The Hall–Kier alpha value is -1.32. The Morgan fingerprint density at radius 2 is 2.06 bits per heavy atom. The van der Waals surface area contributed by atoms with Gasteiger partial charge in [0.05, 0.1) is 0 Å². The highest BCUT2D eigenvalue weighted by Gasteiger charge is 2.27. The molecule has 1 aromatic rings. The van der Waals surface area contributed by atoms with E-state index in [0.29, 0.717) is 12.0 Å². The van der Waals surface area contributed by atoms with Crippen molar-refractivity contribution in [2.75, 3.05) is 17.7 Å². The highest BCUT2D eigenvalue weighted by Crippen LogP contribution is 2.38. The van der Waals surface area contributed by atoms with Crippen LogP contribution in [0.5, 0.6) is 0 Å². The average Bonchev–Trinajstić information content (AvgIpc) is 3.12. The molecule has 2 N–H and O–H groups in total. The van der Waals surface area contributed by atoms with Crippen LogP contribution in [0.15, 0.2) is 6.07 Å². The summed E-state index contributed by atoms with van der Waals surface area (Å²) in [6, 6.07) is 2.42. The molecule has 0 bridgehead atoms. The fourth-order valence-electron chi connectivity index (χ4n) is 1.55. The van der Waals surface area contributed by atoms with E-state index in [9.17, 15) is 0 Å². The monoisotopic (exact) mass is 220 g/mol. The maximum absolute atomic E-state index is 4.57. The molecular formula is C12H20N4. The summed E-state index contributed by atoms with van der Waals surface area (Å²) in [6.07, 6.45) is 3.56. The molecular weight excluding hydrogens is 200 g/mol. The van der Waals surface area contributed by atoms with E-state index in [4.69, 9.17) is 0 Å². The van der Waals surface area contributed by atoms with Crippen molar-refractivity contribution >= 4 is 11.6 Å². The Bertz CT molecular complexity index is 360. The lowest BCUT2D eigenvalue weighted by Crippen LogP contribution is -2.15. The summed E-state index contributed by atoms with van der Waals surface area (Å²) < 4.78 is 0. The van der Waals surface area contributed by atoms with Gasteiger partial charge in [-0.05, 0) is 26.2 Å². The van der Waals surface area contributed by atoms with Gasteiger partial charge in [0.15, 0.2) is 0 Å². The van der Waals surface area contributed by atoms with Crippen LogP contribution in [0.25, 0.3) is 0 Å². The van der Waals surface area contributed by atoms with Crippen LogP contribution in [-0.4, -0.2) is 23.1 Å². The van der Waals surface area contributed by atoms with Crippen LogP contribution in [0.1, 0.15) is 44.9 Å². The maximum Gasteiger partial charge on any atom is 0.136 e. The molecule has 0 unspecified atom stereocenters. The number of hydrogen-bond donors (Lipinski definition) is 2. The highest BCUT2D eigenvalue weighted by atomic mass is 15.1. The second-order valence-corrected chi connectivity index (χ2v) is 4.47. The molecule has 1 saturated carbocycles. The maximum atomic E-state index is 4.57. The van der Waals surface area contributed by atoms with Gasteiger partial charge in [-0.15, -0.1) is 0 Å². The van der Waals surface area contributed by atoms with Gasteiger partial charge in [0, 0.05) is 25.1 Å². The van der Waals surface area contributed by atoms with Gasteiger partial charge in [-0.3, -0.25) is 0 Å². The molecule has 1 heterocycles. The van der Waals surface area contributed by atoms with Crippen LogP contribution in [0.4, 0.5) is 11.6 Å². The molecule has 1 aliphatic rings. The molecule has 1 aliphatic carbocycles. The molecule has 1 fully saturated rings. The summed E-state index contributed by atoms with van der Waals surface area (Å²) in [4.78, 5) is 9.05. The Morgan fingerprint density at radius 1 is 1.38 bits per heavy atom. The molecule has 4 heteroatoms. The van der Waals surface area contributed by atoms with E-state index in [1.54, 1.807) is 0 Å². The summed E-state index contributed by atoms with van der Waals surface area (Å²) in [5, 5.41) is 6.49. The molecule has 0 amide bonds. The average molecular weight is 220 g/mol. The fraction of sp³-hybridized carbons (Fsp3) is 0.667. The predicted octanol–water partition coefficient (Wildman–Crippen LogP) is 2.61. The number of rotatable bonds is 5. The quantitative estimate of drug-likeness (QED) is 0.801. The third-order valence-corrected chi connectivity index (χ3v) is 2.95. The summed E-state index contributed by atoms with van der Waals surface area (Å²) in [5.74, 6) is 3.42. The van der Waals surface area contributed by atoms with Gasteiger partial charge in [0.2, 0.25) is 0 Å². The Kier molecular flexibility index (Phi) is 3.27. The lowest BCUT2D eigenvalue weighted by molar-refractivity contribution is 0.755. The number of hydrogen-bond acceptors (Lipinski definition) is 4. The van der Waals surface area contributed by atoms with Crippen molar-refractivity contribution in [3.05, 3.63) is 11.9 Å². The van der Waals surface area contributed by atoms with Crippen molar-refractivity contribution in [1.29, 1.82) is 0 Å². The summed E-state index contributed by atoms with van der Waals surface area (Å²) >= 11 is 0. The van der Waals surface area contributed by atoms with Crippen LogP contribution < -0.4 is 10.6 Å². The zero-order valence-electron chi connectivity index (χ0n) is 10.2. The van der Waals surface area contributed by atoms with Gasteiger partial charge < -0.3 is 10.6 Å². The predicted molar refractivity (Wildman–Crippen MR) is 66.9 cm³/mol. The van der Waals surface area contributed by atoms with E-state index in [1.807, 2.05) is 13.1 Å². The van der Waals surface area contributed by atoms with Crippen molar-refractivity contribution < 1.29 is 0 Å². The van der Waals surface area contributed by atoms with Gasteiger partial charge in [0.25, 0.3) is 0 Å². The Balaban J connectivity index is 2.18. The first-order chi connectivity index (χ1) is 7.72. The molecule has 2 rings (SSSR count). The number of nitrogens with one attached hydrogen (secondary N) is 2. The van der Waals surface area contributed by atoms with Crippen LogP contribution >= 0.6 is 0 Å². The molecule has 0 aliphatic heterocycles. The van der Waals surface area contributed by atoms with E-state index in [-0.39, 0.29) is 0 Å². The summed E-state index contributed by atoms with van der Waals surface area (Å²) in [6.45, 7) is 4.33. The van der Waals surface area contributed by atoms with Crippen LogP contribution in [0.3, 0.4) is 0 Å². The van der Waals surface area contributed by atoms with E-state index >= 15 is 0 Å². The van der Waals surface area contributed by atoms with E-state index in [0.717, 1.165) is 23.9 Å². The van der Waals surface area contributed by atoms with Gasteiger partial charge >= 0.3 is 0 Å². The molecule has 1 atom stereocenters. The van der Waals surface area contributed by atoms with E-state index in [2.05, 4.69) is 34.4 Å². The third-order valence-electron chi connectivity index (χ3n) is 2.95. The standard InChI is InChI=1S/C12H20N4/c1-4-8(2)14-11-7-10(13-3)15-12(16-11)9-5-6-9/h7-9H,4-6H2,1-3H3,(H2,13,14,15,16)/t8-/m1/s1. The normalized spacial score (nSPS) is 16.9. The number of nitrogens with zero attached hydrogens (tertiary/aromatic N) is 2. The smallest absolute Gasteiger partial charge is 0.136 e. The van der Waals surface area contributed by atoms with Gasteiger partial charge in [0.1, 0.15) is 17.5 Å². The molecule has 0 radical (unpaired) electrons. The fourth-order valence-corrected chi connectivity index (χ4v) is 1.55. The number of aromatic nitrogens is 2. The zero-order chi connectivity index (χ0) is 11.5. The molecule has 0 aromatic carbocycles. The Morgan fingerprint density at radius 3 is 2.62 bits per heavy atom. The minimum absolute atomic E-state index is 0.451. The second-order valence-electron chi connectivity index (χ2n) is 4.47. The highest BCUT2D eigenvalue weighted by molar-refractivity contribution is 5.48. The zero-order valence-corrected chi connectivity index (χ0v) is 10.2. The lowest BCUT2D eigenvalue weighted by Gasteiger charge is -2.13. The van der Waals surface area contributed by atoms with Crippen molar-refractivity contribution in [2.45, 2.75) is 45.1 Å². The topological polar surface area (TPSA) is 49.8 Å². The Labute approximate surface area is 96.9 Å². The van der Waals surface area contributed by atoms with Crippen molar-refractivity contribution in [1.82, 2.24) is 9.97 Å². The minimum Gasteiger partial charge on any atom is -0.373 e. The minimum atomic E-state index is 0.451. The molecule has 0 spiro atoms. The van der Waals surface area contributed by atoms with Gasteiger partial charge in [-0.25, -0.2) is 9.97 Å². The van der Waals surface area contributed by atoms with Crippen molar-refractivity contribution in [2.24, 2.45) is 0 Å². The van der Waals surface area contributed by atoms with Gasteiger partial charge in [-0.1, -0.05) is 6.92 Å². The molecule has 0 saturated heterocycles. The van der Waals surface area contributed by atoms with Crippen molar-refractivity contribution in [3.63, 3.8) is 0 Å². The van der Waals surface area contributed by atoms with Crippen LogP contribution in [-0.2, 0) is 0 Å².